The molecule has 10 N–H and O–H groups in total. The Kier molecular flexibility index (Phi) is 31.4. The Labute approximate surface area is 536 Å². The van der Waals surface area contributed by atoms with Crippen molar-refractivity contribution in [1.82, 2.24) is 37.2 Å². The number of rotatable bonds is 33. The van der Waals surface area contributed by atoms with Gasteiger partial charge in [-0.3, -0.25) is 38.9 Å². The van der Waals surface area contributed by atoms with Crippen molar-refractivity contribution >= 4 is 64.8 Å². The van der Waals surface area contributed by atoms with Crippen molar-refractivity contribution in [1.29, 1.82) is 0 Å². The Morgan fingerprint density at radius 1 is 0.846 bits per heavy atom. The van der Waals surface area contributed by atoms with Gasteiger partial charge in [-0.05, 0) is 83.3 Å². The molecule has 2 saturated heterocycles. The van der Waals surface area contributed by atoms with Crippen LogP contribution in [0.25, 0.3) is 0 Å². The SMILES string of the molecule is COc1cc(C(C)NC(=O)CCCCCNC(=O)CCCC[C@@H]2SC[C@@H]3NC(=O)N[C@@H]32)c([N+](=O)[O-])cc1OCCCC(=O)NCCOCCOCCNC1=C2C[C@H](C)C[C@@H](OC)[C@@H](O)[C@H](C)/C=C(\C)[C@@H](OC(N)=O)[C@H](OC)/C=C\C=C(/C)C(=O)NC(=CC1=O)C2=O. The van der Waals surface area contributed by atoms with Gasteiger partial charge in [0.15, 0.2) is 17.6 Å². The lowest BCUT2D eigenvalue weighted by molar-refractivity contribution is -0.385. The van der Waals surface area contributed by atoms with Crippen LogP contribution in [0.15, 0.2) is 70.6 Å². The molecule has 3 heterocycles. The molecular weight excluding hydrogens is 1200 g/mol. The first-order chi connectivity index (χ1) is 43.5. The number of allylic oxidation sites excluding steroid dienone is 4. The number of nitro benzene ring substituents is 1. The Hall–Kier alpha value is -7.37. The minimum Gasteiger partial charge on any atom is -0.493 e. The minimum absolute atomic E-state index is 0.0113. The van der Waals surface area contributed by atoms with Gasteiger partial charge in [-0.2, -0.15) is 11.8 Å². The van der Waals surface area contributed by atoms with Gasteiger partial charge in [0.1, 0.15) is 6.10 Å². The molecule has 4 aliphatic rings. The summed E-state index contributed by atoms with van der Waals surface area (Å²) in [6, 6.07) is 2.21. The average Bonchev–Trinajstić information content (AvgIpc) is 1.59. The molecule has 0 saturated carbocycles. The number of fused-ring (bicyclic) bond motifs is 3. The molecule has 5 rings (SSSR count). The number of unbranched alkanes of at least 4 members (excludes halogenated alkanes) is 3. The van der Waals surface area contributed by atoms with Gasteiger partial charge in [-0.25, -0.2) is 9.59 Å². The zero-order valence-electron chi connectivity index (χ0n) is 53.5. The highest BCUT2D eigenvalue weighted by molar-refractivity contribution is 8.00. The molecule has 3 aliphatic heterocycles. The summed E-state index contributed by atoms with van der Waals surface area (Å²) in [5, 5.41) is 44.2. The van der Waals surface area contributed by atoms with Gasteiger partial charge in [0.2, 0.25) is 29.3 Å². The van der Waals surface area contributed by atoms with Gasteiger partial charge < -0.3 is 81.2 Å². The number of hydrogen-bond acceptors (Lipinski definition) is 20. The Morgan fingerprint density at radius 3 is 2.23 bits per heavy atom. The zero-order chi connectivity index (χ0) is 66.6. The number of nitrogens with zero attached hydrogens (tertiary/aromatic N) is 1. The van der Waals surface area contributed by atoms with Crippen LogP contribution in [-0.4, -0.2) is 179 Å². The number of aliphatic hydroxyl groups excluding tert-OH is 1. The normalized spacial score (nSPS) is 24.8. The van der Waals surface area contributed by atoms with Gasteiger partial charge >= 0.3 is 12.1 Å². The van der Waals surface area contributed by atoms with E-state index in [0.717, 1.165) is 31.1 Å². The van der Waals surface area contributed by atoms with E-state index in [4.69, 9.17) is 38.9 Å². The van der Waals surface area contributed by atoms with E-state index >= 15 is 0 Å². The fraction of sp³-hybridized carbons (Fsp3) is 0.619. The number of aliphatic hydroxyl groups is 1. The summed E-state index contributed by atoms with van der Waals surface area (Å²) in [4.78, 5) is 114. The largest absolute Gasteiger partial charge is 0.493 e. The first-order valence-corrected chi connectivity index (χ1v) is 32.1. The molecule has 0 aromatic heterocycles. The van der Waals surface area contributed by atoms with Crippen LogP contribution in [0.4, 0.5) is 15.3 Å². The monoisotopic (exact) mass is 1300 g/mol. The van der Waals surface area contributed by atoms with Crippen molar-refractivity contribution in [3.05, 3.63) is 86.3 Å². The first kappa shape index (κ1) is 74.4. The molecule has 1 aliphatic carbocycles. The van der Waals surface area contributed by atoms with E-state index < -0.39 is 64.9 Å². The van der Waals surface area contributed by atoms with Crippen molar-refractivity contribution in [3.63, 3.8) is 0 Å². The fourth-order valence-corrected chi connectivity index (χ4v) is 12.6. The van der Waals surface area contributed by atoms with Gasteiger partial charge in [0.05, 0.1) is 98.4 Å². The number of urea groups is 1. The number of amides is 7. The lowest BCUT2D eigenvalue weighted by Gasteiger charge is -2.30. The Bertz CT molecular complexity index is 2860. The molecule has 28 heteroatoms. The molecule has 91 heavy (non-hydrogen) atoms. The molecule has 7 amide bonds. The molecule has 504 valence electrons. The molecule has 0 radical (unpaired) electrons. The number of nitrogens with one attached hydrogen (secondary N) is 7. The van der Waals surface area contributed by atoms with E-state index in [0.29, 0.717) is 43.1 Å². The molecular formula is C63H93N9O18S. The van der Waals surface area contributed by atoms with Crippen molar-refractivity contribution in [3.8, 4) is 11.5 Å². The van der Waals surface area contributed by atoms with Crippen molar-refractivity contribution in [2.24, 2.45) is 17.6 Å². The predicted molar refractivity (Wildman–Crippen MR) is 339 cm³/mol. The highest BCUT2D eigenvalue weighted by Gasteiger charge is 2.43. The predicted octanol–water partition coefficient (Wildman–Crippen LogP) is 4.86. The van der Waals surface area contributed by atoms with Crippen molar-refractivity contribution in [2.75, 3.05) is 79.8 Å². The van der Waals surface area contributed by atoms with Gasteiger partial charge in [-0.15, -0.1) is 0 Å². The van der Waals surface area contributed by atoms with E-state index in [2.05, 4.69) is 37.2 Å². The number of nitro groups is 1. The number of Topliss-reactive ketones (excluding diaryl/α,β-unsaturated/α-hetero) is 1. The molecule has 1 aromatic carbocycles. The molecule has 2 fully saturated rings. The number of carbonyl (C=O) groups is 8. The molecule has 27 nitrogen and oxygen atoms in total. The van der Waals surface area contributed by atoms with Crippen LogP contribution in [0.5, 0.6) is 11.5 Å². The maximum atomic E-state index is 14.1. The highest BCUT2D eigenvalue weighted by atomic mass is 32.2. The van der Waals surface area contributed by atoms with E-state index in [-0.39, 0.29) is 165 Å². The maximum absolute atomic E-state index is 14.1. The number of carbonyl (C=O) groups excluding carboxylic acids is 8. The Morgan fingerprint density at radius 2 is 1.54 bits per heavy atom. The summed E-state index contributed by atoms with van der Waals surface area (Å²) in [5.74, 6) is -1.91. The number of primary amides is 1. The number of benzene rings is 1. The third kappa shape index (κ3) is 24.0. The zero-order valence-corrected chi connectivity index (χ0v) is 54.3. The molecule has 2 bridgehead atoms. The number of thioether (sulfide) groups is 1. The average molecular weight is 1300 g/mol. The van der Waals surface area contributed by atoms with Crippen LogP contribution in [0.2, 0.25) is 0 Å². The van der Waals surface area contributed by atoms with Crippen LogP contribution in [-0.2, 0) is 52.5 Å². The van der Waals surface area contributed by atoms with E-state index in [1.165, 1.54) is 52.5 Å². The first-order valence-electron chi connectivity index (χ1n) is 31.0. The topological polar surface area (TPSA) is 375 Å². The summed E-state index contributed by atoms with van der Waals surface area (Å²) in [6.45, 7) is 10.1. The van der Waals surface area contributed by atoms with E-state index in [1.54, 1.807) is 32.9 Å². The molecule has 1 aromatic rings. The van der Waals surface area contributed by atoms with Gasteiger partial charge in [0, 0.05) is 87.3 Å². The van der Waals surface area contributed by atoms with Gasteiger partial charge in [0.25, 0.3) is 11.6 Å². The third-order valence-corrected chi connectivity index (χ3v) is 17.4. The molecule has 1 unspecified atom stereocenters. The maximum Gasteiger partial charge on any atom is 0.405 e. The second-order valence-electron chi connectivity index (χ2n) is 23.0. The van der Waals surface area contributed by atoms with E-state index in [1.807, 2.05) is 18.7 Å². The van der Waals surface area contributed by atoms with Crippen LogP contribution >= 0.6 is 11.8 Å². The smallest absolute Gasteiger partial charge is 0.405 e. The van der Waals surface area contributed by atoms with Crippen LogP contribution in [0.3, 0.4) is 0 Å². The number of ether oxygens (including phenoxy) is 7. The van der Waals surface area contributed by atoms with Gasteiger partial charge in [-0.1, -0.05) is 51.0 Å². The van der Waals surface area contributed by atoms with Crippen LogP contribution < -0.4 is 52.4 Å². The minimum atomic E-state index is -1.05. The number of hydrogen-bond donors (Lipinski definition) is 9. The lowest BCUT2D eigenvalue weighted by Crippen LogP contribution is -2.38. The second kappa shape index (κ2) is 38.5. The summed E-state index contributed by atoms with van der Waals surface area (Å²) < 4.78 is 39.4. The summed E-state index contributed by atoms with van der Waals surface area (Å²) >= 11 is 1.86. The molecule has 10 atom stereocenters. The van der Waals surface area contributed by atoms with Crippen LogP contribution in [0, 0.1) is 22.0 Å². The lowest BCUT2D eigenvalue weighted by atomic mass is 9.85. The number of methoxy groups -OCH3 is 3. The number of nitrogens with two attached hydrogens (primary N) is 1. The summed E-state index contributed by atoms with van der Waals surface area (Å²) in [6.07, 6.45) is 8.68. The highest BCUT2D eigenvalue weighted by Crippen LogP contribution is 2.38. The van der Waals surface area contributed by atoms with Crippen molar-refractivity contribution < 1.29 is 81.5 Å². The third-order valence-electron chi connectivity index (χ3n) is 15.9. The molecule has 0 spiro atoms. The van der Waals surface area contributed by atoms with E-state index in [9.17, 15) is 53.6 Å². The Balaban J connectivity index is 0.983. The summed E-state index contributed by atoms with van der Waals surface area (Å²) in [7, 11) is 4.26. The second-order valence-corrected chi connectivity index (χ2v) is 24.3. The standard InChI is InChI=1S/C63H93N9O18S/c1-37-30-43-56(47(73)34-44(59(43)78)69-61(79)38(2)16-14-17-48(84-6)60(90-62(64)80)40(4)32-39(3)58(77)51(31-37)86-8)67-24-27-88-29-28-87-26-23-66-54(75)21-15-25-89-50-35-46(72(82)83)42(33-49(50)85-7)41(5)68-55(76)20-10-9-13-22-65-53(74)19-12-11-18-52-57-45(36-91-52)70-63(81)71-57/h14,16-17,32-35,37,39,41,45,48,51-52,57-58,60,67,77H,9-13,15,18-31,36H2,1-8H3,(H2,64,80)(H,65,74)(H,66,75)(H,68,76)(H,69,79)(H2,70,71,81)/b17-14-,38-16+,40-32+/t37-,39+,41?,45-,48+,51+,52-,57-,58-,60+/m0/s1. The summed E-state index contributed by atoms with van der Waals surface area (Å²) in [5.41, 5.74) is 6.07. The number of ketones is 2. The van der Waals surface area contributed by atoms with Crippen molar-refractivity contribution in [2.45, 2.75) is 159 Å². The fourth-order valence-electron chi connectivity index (χ4n) is 11.0. The van der Waals surface area contributed by atoms with Crippen LogP contribution in [0.1, 0.15) is 123 Å². The quantitative estimate of drug-likeness (QED) is 0.0113.